The third-order valence-corrected chi connectivity index (χ3v) is 2.90. The number of nitrogens with two attached hydrogens (primary N) is 1. The normalized spacial score (nSPS) is 10.3. The van der Waals surface area contributed by atoms with Crippen LogP contribution in [0.1, 0.15) is 5.56 Å². The first-order valence-corrected chi connectivity index (χ1v) is 5.30. The van der Waals surface area contributed by atoms with E-state index in [1.54, 1.807) is 24.5 Å². The molecule has 6 heteroatoms. The van der Waals surface area contributed by atoms with E-state index in [-0.39, 0.29) is 11.4 Å². The van der Waals surface area contributed by atoms with Crippen molar-refractivity contribution in [3.63, 3.8) is 0 Å². The molecule has 0 spiro atoms. The molecule has 0 saturated carbocycles. The number of halogens is 1. The van der Waals surface area contributed by atoms with Gasteiger partial charge >= 0.3 is 0 Å². The van der Waals surface area contributed by atoms with Gasteiger partial charge in [-0.15, -0.1) is 0 Å². The lowest BCUT2D eigenvalue weighted by atomic mass is 10.2. The summed E-state index contributed by atoms with van der Waals surface area (Å²) in [5, 5.41) is 7.97. The Bertz CT molecular complexity index is 510. The Balaban J connectivity index is 2.40. The minimum absolute atomic E-state index is 0.115. The van der Waals surface area contributed by atoms with Crippen molar-refractivity contribution >= 4 is 17.6 Å². The average Bonchev–Trinajstić information content (AvgIpc) is 2.70. The van der Waals surface area contributed by atoms with Gasteiger partial charge in [0.05, 0.1) is 5.56 Å². The summed E-state index contributed by atoms with van der Waals surface area (Å²) in [6.45, 7) is 0. The minimum atomic E-state index is -0.496. The van der Waals surface area contributed by atoms with Gasteiger partial charge in [-0.1, -0.05) is 17.8 Å². The van der Waals surface area contributed by atoms with Gasteiger partial charge in [0.1, 0.15) is 11.7 Å². The highest BCUT2D eigenvalue weighted by Crippen LogP contribution is 2.28. The van der Waals surface area contributed by atoms with E-state index in [9.17, 15) is 4.39 Å². The highest BCUT2D eigenvalue weighted by molar-refractivity contribution is 7.99. The number of imidazole rings is 1. The van der Waals surface area contributed by atoms with E-state index in [0.29, 0.717) is 10.1 Å². The summed E-state index contributed by atoms with van der Waals surface area (Å²) in [7, 11) is 0. The first-order valence-electron chi connectivity index (χ1n) is 4.48. The second kappa shape index (κ2) is 4.36. The van der Waals surface area contributed by atoms with Gasteiger partial charge in [0.2, 0.25) is 0 Å². The Labute approximate surface area is 95.6 Å². The smallest absolute Gasteiger partial charge is 0.170 e. The lowest BCUT2D eigenvalue weighted by Gasteiger charge is -2.06. The lowest BCUT2D eigenvalue weighted by molar-refractivity contribution is 0.621. The summed E-state index contributed by atoms with van der Waals surface area (Å²) in [6.07, 6.45) is 3.28. The van der Waals surface area contributed by atoms with E-state index < -0.39 is 5.82 Å². The highest BCUT2D eigenvalue weighted by atomic mass is 32.2. The summed E-state index contributed by atoms with van der Waals surface area (Å²) in [5.74, 6) is -0.781. The van der Waals surface area contributed by atoms with E-state index in [1.165, 1.54) is 17.8 Å². The molecule has 0 atom stereocenters. The van der Waals surface area contributed by atoms with Gasteiger partial charge in [0.25, 0.3) is 0 Å². The average molecular weight is 236 g/mol. The van der Waals surface area contributed by atoms with E-state index >= 15 is 0 Å². The summed E-state index contributed by atoms with van der Waals surface area (Å²) in [5.41, 5.74) is 5.46. The van der Waals surface area contributed by atoms with Crippen molar-refractivity contribution in [2.45, 2.75) is 10.1 Å². The molecule has 4 N–H and O–H groups in total. The Hall–Kier alpha value is -1.82. The topological polar surface area (TPSA) is 78.6 Å². The van der Waals surface area contributed by atoms with Gasteiger partial charge in [-0.05, 0) is 12.1 Å². The summed E-state index contributed by atoms with van der Waals surface area (Å²) in [6, 6.07) is 4.56. The van der Waals surface area contributed by atoms with Gasteiger partial charge in [0, 0.05) is 17.3 Å². The summed E-state index contributed by atoms with van der Waals surface area (Å²) in [4.78, 5) is 7.48. The predicted octanol–water partition coefficient (Wildman–Crippen LogP) is 1.98. The molecule has 1 aromatic carbocycles. The molecule has 2 rings (SSSR count). The van der Waals surface area contributed by atoms with Crippen molar-refractivity contribution in [3.8, 4) is 0 Å². The molecule has 2 aromatic rings. The molecule has 4 nitrogen and oxygen atoms in total. The van der Waals surface area contributed by atoms with Crippen molar-refractivity contribution < 1.29 is 4.39 Å². The molecular formula is C10H9FN4S. The number of aromatic amines is 1. The van der Waals surface area contributed by atoms with Gasteiger partial charge < -0.3 is 10.7 Å². The molecule has 0 aliphatic heterocycles. The molecule has 0 unspecified atom stereocenters. The van der Waals surface area contributed by atoms with Gasteiger partial charge in [0.15, 0.2) is 5.16 Å². The van der Waals surface area contributed by atoms with Crippen molar-refractivity contribution in [2.75, 3.05) is 0 Å². The molecule has 0 bridgehead atoms. The molecule has 82 valence electrons. The Kier molecular flexibility index (Phi) is 2.91. The highest BCUT2D eigenvalue weighted by Gasteiger charge is 2.12. The third kappa shape index (κ3) is 2.06. The Morgan fingerprint density at radius 3 is 2.94 bits per heavy atom. The van der Waals surface area contributed by atoms with E-state index in [4.69, 9.17) is 11.1 Å². The van der Waals surface area contributed by atoms with Crippen molar-refractivity contribution in [1.82, 2.24) is 9.97 Å². The number of H-pyrrole nitrogens is 1. The monoisotopic (exact) mass is 236 g/mol. The van der Waals surface area contributed by atoms with Gasteiger partial charge in [-0.3, -0.25) is 5.41 Å². The Morgan fingerprint density at radius 2 is 2.31 bits per heavy atom. The maximum atomic E-state index is 13.5. The number of aromatic nitrogens is 2. The molecule has 1 aromatic heterocycles. The maximum absolute atomic E-state index is 13.5. The second-order valence-electron chi connectivity index (χ2n) is 3.02. The zero-order valence-corrected chi connectivity index (χ0v) is 9.01. The van der Waals surface area contributed by atoms with Crippen molar-refractivity contribution in [1.29, 1.82) is 5.41 Å². The number of rotatable bonds is 3. The maximum Gasteiger partial charge on any atom is 0.170 e. The number of nitrogen functional groups attached to an aromatic ring is 1. The molecule has 0 radical (unpaired) electrons. The number of amidine groups is 1. The van der Waals surface area contributed by atoms with Crippen LogP contribution in [0.15, 0.2) is 40.6 Å². The molecular weight excluding hydrogens is 227 g/mol. The van der Waals surface area contributed by atoms with Crippen LogP contribution in [0.25, 0.3) is 0 Å². The largest absolute Gasteiger partial charge is 0.384 e. The van der Waals surface area contributed by atoms with Crippen LogP contribution in [0.4, 0.5) is 4.39 Å². The fraction of sp³-hybridized carbons (Fsp3) is 0. The minimum Gasteiger partial charge on any atom is -0.384 e. The van der Waals surface area contributed by atoms with Crippen LogP contribution in [0.2, 0.25) is 0 Å². The fourth-order valence-electron chi connectivity index (χ4n) is 1.26. The molecule has 16 heavy (non-hydrogen) atoms. The standard InChI is InChI=1S/C10H9FN4S/c11-6-2-1-3-7(8(6)9(12)13)16-10-14-4-5-15-10/h1-5H,(H3,12,13)(H,14,15). The molecule has 0 fully saturated rings. The molecule has 0 aliphatic rings. The molecule has 0 amide bonds. The van der Waals surface area contributed by atoms with E-state index in [1.807, 2.05) is 0 Å². The second-order valence-corrected chi connectivity index (χ2v) is 4.05. The van der Waals surface area contributed by atoms with Gasteiger partial charge in [-0.25, -0.2) is 9.37 Å². The zero-order valence-electron chi connectivity index (χ0n) is 8.20. The van der Waals surface area contributed by atoms with Crippen LogP contribution < -0.4 is 5.73 Å². The quantitative estimate of drug-likeness (QED) is 0.563. The van der Waals surface area contributed by atoms with Crippen molar-refractivity contribution in [2.24, 2.45) is 5.73 Å². The van der Waals surface area contributed by atoms with E-state index in [2.05, 4.69) is 9.97 Å². The summed E-state index contributed by atoms with van der Waals surface area (Å²) >= 11 is 1.24. The number of benzene rings is 1. The van der Waals surface area contributed by atoms with Gasteiger partial charge in [-0.2, -0.15) is 0 Å². The van der Waals surface area contributed by atoms with Crippen LogP contribution in [-0.4, -0.2) is 15.8 Å². The number of nitrogens with one attached hydrogen (secondary N) is 2. The molecule has 0 saturated heterocycles. The van der Waals surface area contributed by atoms with Crippen molar-refractivity contribution in [3.05, 3.63) is 42.0 Å². The first-order chi connectivity index (χ1) is 7.68. The number of nitrogens with zero attached hydrogens (tertiary/aromatic N) is 1. The lowest BCUT2D eigenvalue weighted by Crippen LogP contribution is -2.14. The first kappa shape index (κ1) is 10.7. The SMILES string of the molecule is N=C(N)c1c(F)cccc1Sc1ncc[nH]1. The molecule has 0 aliphatic carbocycles. The van der Waals surface area contributed by atoms with Crippen LogP contribution in [0.3, 0.4) is 0 Å². The van der Waals surface area contributed by atoms with Crippen LogP contribution in [0.5, 0.6) is 0 Å². The zero-order chi connectivity index (χ0) is 11.5. The number of hydrogen-bond donors (Lipinski definition) is 3. The van der Waals surface area contributed by atoms with Crippen LogP contribution >= 0.6 is 11.8 Å². The van der Waals surface area contributed by atoms with Crippen LogP contribution in [0, 0.1) is 11.2 Å². The Morgan fingerprint density at radius 1 is 1.50 bits per heavy atom. The van der Waals surface area contributed by atoms with Crippen LogP contribution in [-0.2, 0) is 0 Å². The fourth-order valence-corrected chi connectivity index (χ4v) is 2.17. The predicted molar refractivity (Wildman–Crippen MR) is 60.1 cm³/mol. The third-order valence-electron chi connectivity index (χ3n) is 1.92. The molecule has 1 heterocycles. The summed E-state index contributed by atoms with van der Waals surface area (Å²) < 4.78 is 13.5. The van der Waals surface area contributed by atoms with E-state index in [0.717, 1.165) is 0 Å². The number of hydrogen-bond acceptors (Lipinski definition) is 3.